The molecule has 1 saturated heterocycles. The monoisotopic (exact) mass is 198 g/mol. The number of rotatable bonds is 2. The van der Waals surface area contributed by atoms with E-state index >= 15 is 0 Å². The first kappa shape index (κ1) is 10.1. The van der Waals surface area contributed by atoms with Crippen molar-refractivity contribution in [3.05, 3.63) is 0 Å². The maximum Gasteiger partial charge on any atom is 0.169 e. The van der Waals surface area contributed by atoms with Crippen LogP contribution in [0.1, 0.15) is 45.4 Å². The predicted molar refractivity (Wildman–Crippen MR) is 51.9 cm³/mol. The lowest BCUT2D eigenvalue weighted by atomic mass is 9.94. The van der Waals surface area contributed by atoms with Gasteiger partial charge >= 0.3 is 0 Å². The second-order valence-corrected chi connectivity index (χ2v) is 4.21. The molecule has 2 rings (SSSR count). The summed E-state index contributed by atoms with van der Waals surface area (Å²) < 4.78 is 11.4. The van der Waals surface area contributed by atoms with Crippen LogP contribution in [0.5, 0.6) is 0 Å². The largest absolute Gasteiger partial charge is 0.347 e. The number of hydrogen-bond donors (Lipinski definition) is 0. The van der Waals surface area contributed by atoms with E-state index in [9.17, 15) is 4.79 Å². The molecule has 80 valence electrons. The van der Waals surface area contributed by atoms with Gasteiger partial charge in [0.25, 0.3) is 0 Å². The van der Waals surface area contributed by atoms with Gasteiger partial charge in [0, 0.05) is 19.3 Å². The Morgan fingerprint density at radius 2 is 2.07 bits per heavy atom. The average molecular weight is 198 g/mol. The summed E-state index contributed by atoms with van der Waals surface area (Å²) in [5.74, 6) is -0.222. The van der Waals surface area contributed by atoms with Gasteiger partial charge in [0.1, 0.15) is 6.10 Å². The number of hydrogen-bond acceptors (Lipinski definition) is 3. The third-order valence-corrected chi connectivity index (χ3v) is 3.18. The zero-order chi connectivity index (χ0) is 10.0. The first-order chi connectivity index (χ1) is 6.76. The van der Waals surface area contributed by atoms with Gasteiger partial charge < -0.3 is 9.47 Å². The van der Waals surface area contributed by atoms with E-state index in [0.29, 0.717) is 13.0 Å². The van der Waals surface area contributed by atoms with Crippen molar-refractivity contribution >= 4 is 5.78 Å². The molecule has 0 aromatic carbocycles. The normalized spacial score (nSPS) is 30.8. The Hall–Kier alpha value is -0.410. The Balaban J connectivity index is 1.95. The molecule has 0 bridgehead atoms. The maximum atomic E-state index is 11.4. The molecule has 0 amide bonds. The first-order valence-corrected chi connectivity index (χ1v) is 5.60. The Bertz CT molecular complexity index is 219. The summed E-state index contributed by atoms with van der Waals surface area (Å²) in [4.78, 5) is 11.4. The van der Waals surface area contributed by atoms with Gasteiger partial charge in [-0.2, -0.15) is 0 Å². The molecule has 0 unspecified atom stereocenters. The van der Waals surface area contributed by atoms with Crippen LogP contribution in [0.4, 0.5) is 0 Å². The van der Waals surface area contributed by atoms with Crippen LogP contribution in [0.3, 0.4) is 0 Å². The van der Waals surface area contributed by atoms with Gasteiger partial charge in [-0.1, -0.05) is 13.3 Å². The molecule has 3 heteroatoms. The molecule has 0 aromatic heterocycles. The number of ether oxygens (including phenoxy) is 2. The molecular weight excluding hydrogens is 180 g/mol. The Labute approximate surface area is 84.8 Å². The van der Waals surface area contributed by atoms with Gasteiger partial charge in [-0.25, -0.2) is 0 Å². The smallest absolute Gasteiger partial charge is 0.169 e. The SMILES string of the molecule is CCC(=O)[C@@H]1COC2(CCCCC2)O1. The molecule has 1 atom stereocenters. The summed E-state index contributed by atoms with van der Waals surface area (Å²) in [6.45, 7) is 2.34. The number of Topliss-reactive ketones (excluding diaryl/α,β-unsaturated/α-hetero) is 1. The lowest BCUT2D eigenvalue weighted by Gasteiger charge is -2.31. The molecule has 3 nitrogen and oxygen atoms in total. The highest BCUT2D eigenvalue weighted by atomic mass is 16.7. The molecular formula is C11H18O3. The average Bonchev–Trinajstić information content (AvgIpc) is 2.62. The van der Waals surface area contributed by atoms with Crippen LogP contribution < -0.4 is 0 Å². The highest BCUT2D eigenvalue weighted by Crippen LogP contribution is 2.37. The summed E-state index contributed by atoms with van der Waals surface area (Å²) in [6, 6.07) is 0. The Morgan fingerprint density at radius 1 is 1.36 bits per heavy atom. The van der Waals surface area contributed by atoms with Crippen molar-refractivity contribution in [3.8, 4) is 0 Å². The molecule has 1 saturated carbocycles. The van der Waals surface area contributed by atoms with E-state index in [1.165, 1.54) is 6.42 Å². The highest BCUT2D eigenvalue weighted by Gasteiger charge is 2.43. The van der Waals surface area contributed by atoms with Crippen LogP contribution >= 0.6 is 0 Å². The van der Waals surface area contributed by atoms with Crippen LogP contribution in [0.2, 0.25) is 0 Å². The minimum absolute atomic E-state index is 0.174. The second-order valence-electron chi connectivity index (χ2n) is 4.21. The predicted octanol–water partition coefficient (Wildman–Crippen LogP) is 2.04. The molecule has 2 fully saturated rings. The molecule has 1 aliphatic heterocycles. The van der Waals surface area contributed by atoms with E-state index in [4.69, 9.17) is 9.47 Å². The summed E-state index contributed by atoms with van der Waals surface area (Å²) in [5.41, 5.74) is 0. The standard InChI is InChI=1S/C11H18O3/c1-2-9(12)10-8-13-11(14-10)6-4-3-5-7-11/h10H,2-8H2,1H3/t10-/m0/s1. The zero-order valence-electron chi connectivity index (χ0n) is 8.75. The summed E-state index contributed by atoms with van der Waals surface area (Å²) in [7, 11) is 0. The third kappa shape index (κ3) is 1.84. The zero-order valence-corrected chi connectivity index (χ0v) is 8.75. The van der Waals surface area contributed by atoms with Crippen LogP contribution in [0.15, 0.2) is 0 Å². The third-order valence-electron chi connectivity index (χ3n) is 3.18. The van der Waals surface area contributed by atoms with Gasteiger partial charge in [0.2, 0.25) is 0 Å². The molecule has 1 aliphatic carbocycles. The number of carbonyl (C=O) groups excluding carboxylic acids is 1. The van der Waals surface area contributed by atoms with Gasteiger partial charge in [-0.3, -0.25) is 4.79 Å². The Morgan fingerprint density at radius 3 is 2.71 bits per heavy atom. The minimum Gasteiger partial charge on any atom is -0.347 e. The van der Waals surface area contributed by atoms with Crippen molar-refractivity contribution in [2.45, 2.75) is 57.3 Å². The second kappa shape index (κ2) is 3.99. The molecule has 1 spiro atoms. The summed E-state index contributed by atoms with van der Waals surface area (Å²) in [5, 5.41) is 0. The number of ketones is 1. The van der Waals surface area contributed by atoms with Gasteiger partial charge in [-0.05, 0) is 12.8 Å². The molecule has 14 heavy (non-hydrogen) atoms. The van der Waals surface area contributed by atoms with E-state index in [2.05, 4.69) is 0 Å². The van der Waals surface area contributed by atoms with Crippen molar-refractivity contribution < 1.29 is 14.3 Å². The molecule has 0 radical (unpaired) electrons. The fourth-order valence-corrected chi connectivity index (χ4v) is 2.29. The molecule has 0 N–H and O–H groups in total. The van der Waals surface area contributed by atoms with E-state index in [-0.39, 0.29) is 11.9 Å². The van der Waals surface area contributed by atoms with Crippen LogP contribution in [-0.2, 0) is 14.3 Å². The topological polar surface area (TPSA) is 35.5 Å². The minimum atomic E-state index is -0.395. The quantitative estimate of drug-likeness (QED) is 0.681. The number of carbonyl (C=O) groups is 1. The lowest BCUT2D eigenvalue weighted by molar-refractivity contribution is -0.188. The van der Waals surface area contributed by atoms with Gasteiger partial charge in [-0.15, -0.1) is 0 Å². The van der Waals surface area contributed by atoms with Crippen molar-refractivity contribution in [1.82, 2.24) is 0 Å². The van der Waals surface area contributed by atoms with Crippen LogP contribution in [0, 0.1) is 0 Å². The van der Waals surface area contributed by atoms with E-state index in [0.717, 1.165) is 25.7 Å². The molecule has 1 heterocycles. The van der Waals surface area contributed by atoms with Crippen molar-refractivity contribution in [2.75, 3.05) is 6.61 Å². The van der Waals surface area contributed by atoms with Gasteiger partial charge in [0.15, 0.2) is 11.6 Å². The van der Waals surface area contributed by atoms with E-state index in [1.54, 1.807) is 0 Å². The van der Waals surface area contributed by atoms with Crippen molar-refractivity contribution in [1.29, 1.82) is 0 Å². The highest BCUT2D eigenvalue weighted by molar-refractivity contribution is 5.83. The van der Waals surface area contributed by atoms with Crippen LogP contribution in [-0.4, -0.2) is 24.3 Å². The first-order valence-electron chi connectivity index (χ1n) is 5.60. The van der Waals surface area contributed by atoms with E-state index < -0.39 is 5.79 Å². The maximum absolute atomic E-state index is 11.4. The fourth-order valence-electron chi connectivity index (χ4n) is 2.29. The Kier molecular flexibility index (Phi) is 2.88. The van der Waals surface area contributed by atoms with Crippen LogP contribution in [0.25, 0.3) is 0 Å². The molecule has 0 aromatic rings. The lowest BCUT2D eigenvalue weighted by Crippen LogP contribution is -2.34. The fraction of sp³-hybridized carbons (Fsp3) is 0.909. The van der Waals surface area contributed by atoms with Gasteiger partial charge in [0.05, 0.1) is 6.61 Å². The van der Waals surface area contributed by atoms with Crippen molar-refractivity contribution in [3.63, 3.8) is 0 Å². The molecule has 2 aliphatic rings. The van der Waals surface area contributed by atoms with Crippen molar-refractivity contribution in [2.24, 2.45) is 0 Å². The summed E-state index contributed by atoms with van der Waals surface area (Å²) >= 11 is 0. The summed E-state index contributed by atoms with van der Waals surface area (Å²) in [6.07, 6.45) is 5.75. The van der Waals surface area contributed by atoms with E-state index in [1.807, 2.05) is 6.92 Å².